The van der Waals surface area contributed by atoms with E-state index >= 15 is 0 Å². The summed E-state index contributed by atoms with van der Waals surface area (Å²) in [5, 5.41) is 0.604. The summed E-state index contributed by atoms with van der Waals surface area (Å²) in [7, 11) is 1.54. The molecule has 0 aliphatic rings. The van der Waals surface area contributed by atoms with Crippen LogP contribution in [0.5, 0.6) is 11.5 Å². The Labute approximate surface area is 160 Å². The number of rotatable bonds is 7. The topological polar surface area (TPSA) is 47.5 Å². The third kappa shape index (κ3) is 3.76. The number of methoxy groups -OCH3 is 1. The molecule has 0 aliphatic heterocycles. The van der Waals surface area contributed by atoms with Gasteiger partial charge in [0.2, 0.25) is 0 Å². The van der Waals surface area contributed by atoms with Crippen molar-refractivity contribution in [2.24, 2.45) is 0 Å². The Morgan fingerprint density at radius 1 is 1.15 bits per heavy atom. The fourth-order valence-electron chi connectivity index (χ4n) is 2.44. The van der Waals surface area contributed by atoms with E-state index in [1.165, 1.54) is 19.5 Å². The van der Waals surface area contributed by atoms with Crippen LogP contribution in [0.3, 0.4) is 0 Å². The van der Waals surface area contributed by atoms with Gasteiger partial charge in [-0.1, -0.05) is 12.1 Å². The lowest BCUT2D eigenvalue weighted by Gasteiger charge is -2.18. The van der Waals surface area contributed by atoms with Gasteiger partial charge in [0.1, 0.15) is 12.1 Å². The Kier molecular flexibility index (Phi) is 5.96. The Bertz CT molecular complexity index is 911. The van der Waals surface area contributed by atoms with Gasteiger partial charge in [0.25, 0.3) is 0 Å². The Morgan fingerprint density at radius 3 is 2.69 bits per heavy atom. The summed E-state index contributed by atoms with van der Waals surface area (Å²) in [5.41, 5.74) is 0.786. The van der Waals surface area contributed by atoms with E-state index in [4.69, 9.17) is 32.9 Å². The Balaban J connectivity index is 2.06. The summed E-state index contributed by atoms with van der Waals surface area (Å²) in [6.07, 6.45) is 2.07. The highest BCUT2D eigenvalue weighted by molar-refractivity contribution is 6.30. The average Bonchev–Trinajstić information content (AvgIpc) is 2.67. The second kappa shape index (κ2) is 8.38. The lowest BCUT2D eigenvalue weighted by molar-refractivity contribution is 0.295. The average molecular weight is 396 g/mol. The van der Waals surface area contributed by atoms with E-state index in [9.17, 15) is 4.39 Å². The lowest BCUT2D eigenvalue weighted by Crippen LogP contribution is -2.07. The molecule has 0 bridgehead atoms. The van der Waals surface area contributed by atoms with E-state index in [0.717, 1.165) is 4.42 Å². The van der Waals surface area contributed by atoms with Gasteiger partial charge in [0.05, 0.1) is 24.9 Å². The minimum atomic E-state index is -0.456. The van der Waals surface area contributed by atoms with Crippen LogP contribution in [0.15, 0.2) is 42.7 Å². The number of para-hydroxylation sites is 1. The first kappa shape index (κ1) is 18.5. The third-order valence-electron chi connectivity index (χ3n) is 3.69. The number of nitrogens with zero attached hydrogens (tertiary/aromatic N) is 3. The third-order valence-corrected chi connectivity index (χ3v) is 4.29. The van der Waals surface area contributed by atoms with Crippen LogP contribution in [0.2, 0.25) is 0 Å². The van der Waals surface area contributed by atoms with Gasteiger partial charge in [-0.3, -0.25) is 0 Å². The van der Waals surface area contributed by atoms with Crippen LogP contribution in [0.1, 0.15) is 6.42 Å². The van der Waals surface area contributed by atoms with E-state index in [-0.39, 0.29) is 5.69 Å². The van der Waals surface area contributed by atoms with Gasteiger partial charge in [-0.25, -0.2) is 18.8 Å². The molecule has 26 heavy (non-hydrogen) atoms. The van der Waals surface area contributed by atoms with Crippen LogP contribution in [-0.4, -0.2) is 29.6 Å². The van der Waals surface area contributed by atoms with Crippen LogP contribution in [0.25, 0.3) is 10.9 Å². The first-order valence-electron chi connectivity index (χ1n) is 7.87. The molecule has 3 aromatic rings. The van der Waals surface area contributed by atoms with Crippen molar-refractivity contribution < 1.29 is 13.9 Å². The lowest BCUT2D eigenvalue weighted by atomic mass is 10.2. The highest BCUT2D eigenvalue weighted by atomic mass is 35.5. The zero-order valence-electron chi connectivity index (χ0n) is 14.0. The molecule has 0 amide bonds. The van der Waals surface area contributed by atoms with E-state index in [1.807, 2.05) is 0 Å². The predicted molar refractivity (Wildman–Crippen MR) is 101 cm³/mol. The maximum Gasteiger partial charge on any atom is 0.163 e. The number of fused-ring (bicyclic) bond motifs is 1. The number of anilines is 2. The molecule has 1 heterocycles. The number of ether oxygens (including phenoxy) is 2. The SMILES string of the molecule is COc1cc2c(N(Cl)c3ccccc3F)ncnc2cc1OCCCCl. The van der Waals surface area contributed by atoms with Crippen molar-refractivity contribution in [3.63, 3.8) is 0 Å². The molecule has 5 nitrogen and oxygen atoms in total. The molecule has 0 atom stereocenters. The zero-order chi connectivity index (χ0) is 18.5. The molecule has 1 aromatic heterocycles. The van der Waals surface area contributed by atoms with Gasteiger partial charge in [-0.15, -0.1) is 11.6 Å². The Hall–Kier alpha value is -2.31. The van der Waals surface area contributed by atoms with E-state index < -0.39 is 5.82 Å². The van der Waals surface area contributed by atoms with Crippen LogP contribution in [0, 0.1) is 5.82 Å². The fourth-order valence-corrected chi connectivity index (χ4v) is 2.82. The molecule has 2 aromatic carbocycles. The summed E-state index contributed by atoms with van der Waals surface area (Å²) in [6.45, 7) is 0.458. The summed E-state index contributed by atoms with van der Waals surface area (Å²) < 4.78 is 26.3. The maximum absolute atomic E-state index is 14.1. The number of halogens is 3. The first-order valence-corrected chi connectivity index (χ1v) is 8.75. The minimum Gasteiger partial charge on any atom is -0.493 e. The van der Waals surface area contributed by atoms with Crippen LogP contribution < -0.4 is 13.9 Å². The van der Waals surface area contributed by atoms with Gasteiger partial charge in [-0.05, 0) is 24.6 Å². The van der Waals surface area contributed by atoms with Gasteiger partial charge < -0.3 is 9.47 Å². The van der Waals surface area contributed by atoms with Gasteiger partial charge >= 0.3 is 0 Å². The zero-order valence-corrected chi connectivity index (χ0v) is 15.5. The molecule has 0 aliphatic carbocycles. The van der Waals surface area contributed by atoms with Crippen molar-refractivity contribution in [3.05, 3.63) is 48.5 Å². The summed E-state index contributed by atoms with van der Waals surface area (Å²) in [6, 6.07) is 9.64. The summed E-state index contributed by atoms with van der Waals surface area (Å²) in [5.74, 6) is 1.43. The summed E-state index contributed by atoms with van der Waals surface area (Å²) in [4.78, 5) is 8.46. The number of alkyl halides is 1. The summed E-state index contributed by atoms with van der Waals surface area (Å²) >= 11 is 12.1. The fraction of sp³-hybridized carbons (Fsp3) is 0.222. The van der Waals surface area contributed by atoms with E-state index in [0.29, 0.717) is 47.1 Å². The molecule has 136 valence electrons. The molecule has 0 spiro atoms. The molecule has 0 saturated carbocycles. The first-order chi connectivity index (χ1) is 12.7. The highest BCUT2D eigenvalue weighted by Gasteiger charge is 2.18. The molecular weight excluding hydrogens is 380 g/mol. The van der Waals surface area contributed by atoms with Crippen molar-refractivity contribution in [2.75, 3.05) is 24.0 Å². The standard InChI is InChI=1S/C18H16Cl2FN3O2/c1-25-16-9-12-14(10-17(16)26-8-4-7-19)22-11-23-18(12)24(20)15-6-3-2-5-13(15)21/h2-3,5-6,9-11H,4,7-8H2,1H3. The van der Waals surface area contributed by atoms with Crippen LogP contribution >= 0.6 is 23.4 Å². The molecule has 8 heteroatoms. The molecule has 0 radical (unpaired) electrons. The molecule has 0 fully saturated rings. The second-order valence-electron chi connectivity index (χ2n) is 5.34. The van der Waals surface area contributed by atoms with Crippen molar-refractivity contribution in [3.8, 4) is 11.5 Å². The van der Waals surface area contributed by atoms with Gasteiger partial charge in [0, 0.05) is 29.1 Å². The van der Waals surface area contributed by atoms with Gasteiger partial charge in [0.15, 0.2) is 17.3 Å². The highest BCUT2D eigenvalue weighted by Crippen LogP contribution is 2.38. The Morgan fingerprint density at radius 2 is 1.96 bits per heavy atom. The molecular formula is C18H16Cl2FN3O2. The molecule has 0 saturated heterocycles. The number of benzene rings is 2. The van der Waals surface area contributed by atoms with E-state index in [2.05, 4.69) is 9.97 Å². The normalized spacial score (nSPS) is 10.8. The second-order valence-corrected chi connectivity index (χ2v) is 6.06. The van der Waals surface area contributed by atoms with Crippen molar-refractivity contribution in [1.82, 2.24) is 9.97 Å². The monoisotopic (exact) mass is 395 g/mol. The number of hydrogen-bond donors (Lipinski definition) is 0. The predicted octanol–water partition coefficient (Wildman–Crippen LogP) is 5.08. The van der Waals surface area contributed by atoms with Crippen molar-refractivity contribution in [1.29, 1.82) is 0 Å². The molecule has 0 unspecified atom stereocenters. The van der Waals surface area contributed by atoms with Crippen LogP contribution in [-0.2, 0) is 0 Å². The van der Waals surface area contributed by atoms with Gasteiger partial charge in [-0.2, -0.15) is 0 Å². The minimum absolute atomic E-state index is 0.190. The smallest absolute Gasteiger partial charge is 0.163 e. The van der Waals surface area contributed by atoms with Crippen LogP contribution in [0.4, 0.5) is 15.9 Å². The maximum atomic E-state index is 14.1. The molecule has 0 N–H and O–H groups in total. The molecule has 3 rings (SSSR count). The largest absolute Gasteiger partial charge is 0.493 e. The van der Waals surface area contributed by atoms with E-state index in [1.54, 1.807) is 30.3 Å². The number of hydrogen-bond acceptors (Lipinski definition) is 5. The number of aromatic nitrogens is 2. The quantitative estimate of drug-likeness (QED) is 0.317. The van der Waals surface area contributed by atoms with Crippen molar-refractivity contribution in [2.45, 2.75) is 6.42 Å². The van der Waals surface area contributed by atoms with Crippen molar-refractivity contribution >= 4 is 45.8 Å².